The number of nitrogens with zero attached hydrogens (tertiary/aromatic N) is 2. The Bertz CT molecular complexity index is 718. The number of aliphatic imine (C=N–C) groups is 1. The molecule has 2 heterocycles. The maximum atomic E-state index is 5.41. The molecule has 1 aromatic carbocycles. The summed E-state index contributed by atoms with van der Waals surface area (Å²) in [6.45, 7) is 6.49. The molecule has 0 aliphatic carbocycles. The van der Waals surface area contributed by atoms with Gasteiger partial charge in [-0.3, -0.25) is 9.89 Å². The number of piperidine rings is 1. The summed E-state index contributed by atoms with van der Waals surface area (Å²) in [5, 5.41) is 7.08. The van der Waals surface area contributed by atoms with E-state index in [1.807, 2.05) is 12.1 Å². The Balaban J connectivity index is 1.48. The predicted octanol–water partition coefficient (Wildman–Crippen LogP) is 3.06. The first kappa shape index (κ1) is 21.4. The second-order valence-corrected chi connectivity index (χ2v) is 7.65. The predicted molar refractivity (Wildman–Crippen MR) is 117 cm³/mol. The van der Waals surface area contributed by atoms with Gasteiger partial charge >= 0.3 is 0 Å². The largest absolute Gasteiger partial charge is 0.469 e. The number of furan rings is 1. The molecule has 0 saturated carbocycles. The maximum Gasteiger partial charge on any atom is 0.191 e. The molecule has 6 heteroatoms. The highest BCUT2D eigenvalue weighted by atomic mass is 16.5. The Morgan fingerprint density at radius 2 is 2.10 bits per heavy atom. The Morgan fingerprint density at radius 1 is 1.24 bits per heavy atom. The summed E-state index contributed by atoms with van der Waals surface area (Å²) in [4.78, 5) is 7.23. The van der Waals surface area contributed by atoms with Gasteiger partial charge in [0.2, 0.25) is 0 Å². The van der Waals surface area contributed by atoms with Gasteiger partial charge in [-0.2, -0.15) is 0 Å². The van der Waals surface area contributed by atoms with Crippen molar-refractivity contribution in [2.24, 2.45) is 4.99 Å². The van der Waals surface area contributed by atoms with Crippen LogP contribution < -0.4 is 10.6 Å². The average Bonchev–Trinajstić information content (AvgIpc) is 3.24. The molecule has 2 N–H and O–H groups in total. The highest BCUT2D eigenvalue weighted by Crippen LogP contribution is 2.19. The molecule has 1 aliphatic rings. The van der Waals surface area contributed by atoms with Gasteiger partial charge in [-0.25, -0.2) is 0 Å². The molecule has 1 fully saturated rings. The molecule has 1 aliphatic heterocycles. The molecule has 158 valence electrons. The van der Waals surface area contributed by atoms with Crippen molar-refractivity contribution in [3.8, 4) is 0 Å². The molecule has 1 aromatic heterocycles. The monoisotopic (exact) mass is 398 g/mol. The van der Waals surface area contributed by atoms with E-state index in [1.165, 1.54) is 5.56 Å². The summed E-state index contributed by atoms with van der Waals surface area (Å²) in [5.41, 5.74) is 1.38. The summed E-state index contributed by atoms with van der Waals surface area (Å²) in [5.74, 6) is 1.85. The third kappa shape index (κ3) is 7.22. The third-order valence-corrected chi connectivity index (χ3v) is 5.39. The number of benzene rings is 1. The lowest BCUT2D eigenvalue weighted by Crippen LogP contribution is -2.51. The molecule has 2 atom stereocenters. The molecule has 0 spiro atoms. The van der Waals surface area contributed by atoms with Crippen molar-refractivity contribution in [1.29, 1.82) is 0 Å². The average molecular weight is 399 g/mol. The zero-order chi connectivity index (χ0) is 20.3. The number of ether oxygens (including phenoxy) is 1. The van der Waals surface area contributed by atoms with Crippen molar-refractivity contribution in [1.82, 2.24) is 15.5 Å². The third-order valence-electron chi connectivity index (χ3n) is 5.39. The SMILES string of the molecule is COCCN=C(NCCc1ccco1)NC1CCN(Cc2ccccc2)C(C)C1. The van der Waals surface area contributed by atoms with Crippen molar-refractivity contribution in [2.45, 2.75) is 44.8 Å². The van der Waals surface area contributed by atoms with Crippen LogP contribution in [0.3, 0.4) is 0 Å². The number of likely N-dealkylation sites (tertiary alicyclic amines) is 1. The molecule has 2 unspecified atom stereocenters. The Kier molecular flexibility index (Phi) is 8.58. The van der Waals surface area contributed by atoms with E-state index in [2.05, 4.69) is 57.8 Å². The highest BCUT2D eigenvalue weighted by molar-refractivity contribution is 5.80. The number of methoxy groups -OCH3 is 1. The molecular weight excluding hydrogens is 364 g/mol. The first-order valence-corrected chi connectivity index (χ1v) is 10.6. The van der Waals surface area contributed by atoms with E-state index in [0.717, 1.165) is 50.6 Å². The summed E-state index contributed by atoms with van der Waals surface area (Å²) >= 11 is 0. The minimum atomic E-state index is 0.425. The molecule has 29 heavy (non-hydrogen) atoms. The van der Waals surface area contributed by atoms with E-state index in [-0.39, 0.29) is 0 Å². The van der Waals surface area contributed by atoms with E-state index in [0.29, 0.717) is 25.2 Å². The van der Waals surface area contributed by atoms with Gasteiger partial charge in [0.1, 0.15) is 5.76 Å². The van der Waals surface area contributed by atoms with Crippen molar-refractivity contribution >= 4 is 5.96 Å². The van der Waals surface area contributed by atoms with E-state index < -0.39 is 0 Å². The molecule has 3 rings (SSSR count). The van der Waals surface area contributed by atoms with Crippen molar-refractivity contribution in [2.75, 3.05) is 33.4 Å². The van der Waals surface area contributed by atoms with Gasteiger partial charge in [-0.05, 0) is 37.5 Å². The second-order valence-electron chi connectivity index (χ2n) is 7.65. The first-order valence-electron chi connectivity index (χ1n) is 10.6. The quantitative estimate of drug-likeness (QED) is 0.386. The van der Waals surface area contributed by atoms with Gasteiger partial charge in [0.15, 0.2) is 5.96 Å². The fourth-order valence-corrected chi connectivity index (χ4v) is 3.76. The fourth-order valence-electron chi connectivity index (χ4n) is 3.76. The van der Waals surface area contributed by atoms with Gasteiger partial charge in [0.05, 0.1) is 19.4 Å². The van der Waals surface area contributed by atoms with Gasteiger partial charge < -0.3 is 19.8 Å². The zero-order valence-electron chi connectivity index (χ0n) is 17.6. The minimum Gasteiger partial charge on any atom is -0.469 e. The van der Waals surface area contributed by atoms with Crippen LogP contribution in [0.25, 0.3) is 0 Å². The lowest BCUT2D eigenvalue weighted by molar-refractivity contribution is 0.134. The maximum absolute atomic E-state index is 5.41. The van der Waals surface area contributed by atoms with Crippen LogP contribution in [0.4, 0.5) is 0 Å². The normalized spacial score (nSPS) is 20.6. The number of hydrogen-bond donors (Lipinski definition) is 2. The van der Waals surface area contributed by atoms with Gasteiger partial charge in [-0.15, -0.1) is 0 Å². The second kappa shape index (κ2) is 11.6. The van der Waals surface area contributed by atoms with Crippen molar-refractivity contribution in [3.05, 3.63) is 60.1 Å². The van der Waals surface area contributed by atoms with Crippen LogP contribution >= 0.6 is 0 Å². The van der Waals surface area contributed by atoms with E-state index in [4.69, 9.17) is 9.15 Å². The van der Waals surface area contributed by atoms with Gasteiger partial charge in [0, 0.05) is 45.2 Å². The van der Waals surface area contributed by atoms with Crippen LogP contribution in [0.1, 0.15) is 31.1 Å². The molecule has 6 nitrogen and oxygen atoms in total. The molecule has 0 amide bonds. The lowest BCUT2D eigenvalue weighted by Gasteiger charge is -2.38. The van der Waals surface area contributed by atoms with Crippen LogP contribution in [0.15, 0.2) is 58.1 Å². The Labute approximate surface area is 174 Å². The van der Waals surface area contributed by atoms with E-state index >= 15 is 0 Å². The fraction of sp³-hybridized carbons (Fsp3) is 0.522. The molecule has 2 aromatic rings. The van der Waals surface area contributed by atoms with Crippen LogP contribution in [0, 0.1) is 0 Å². The smallest absolute Gasteiger partial charge is 0.191 e. The standard InChI is InChI=1S/C23H34N4O2/c1-19-17-21(11-14-27(19)18-20-7-4-3-5-8-20)26-23(25-13-16-28-2)24-12-10-22-9-6-15-29-22/h3-9,15,19,21H,10-14,16-18H2,1-2H3,(H2,24,25,26). The van der Waals surface area contributed by atoms with Crippen LogP contribution in [-0.2, 0) is 17.7 Å². The Morgan fingerprint density at radius 3 is 2.83 bits per heavy atom. The molecule has 0 radical (unpaired) electrons. The van der Waals surface area contributed by atoms with Crippen LogP contribution in [-0.4, -0.2) is 56.3 Å². The first-order chi connectivity index (χ1) is 14.2. The van der Waals surface area contributed by atoms with Gasteiger partial charge in [0.25, 0.3) is 0 Å². The van der Waals surface area contributed by atoms with E-state index in [9.17, 15) is 0 Å². The zero-order valence-corrected chi connectivity index (χ0v) is 17.6. The van der Waals surface area contributed by atoms with Gasteiger partial charge in [-0.1, -0.05) is 30.3 Å². The Hall–Kier alpha value is -2.31. The molecule has 1 saturated heterocycles. The summed E-state index contributed by atoms with van der Waals surface area (Å²) in [6.07, 6.45) is 4.77. The summed E-state index contributed by atoms with van der Waals surface area (Å²) < 4.78 is 10.6. The summed E-state index contributed by atoms with van der Waals surface area (Å²) in [6, 6.07) is 15.6. The topological polar surface area (TPSA) is 62.0 Å². The molecular formula is C23H34N4O2. The van der Waals surface area contributed by atoms with Crippen LogP contribution in [0.2, 0.25) is 0 Å². The summed E-state index contributed by atoms with van der Waals surface area (Å²) in [7, 11) is 1.71. The number of rotatable bonds is 9. The highest BCUT2D eigenvalue weighted by Gasteiger charge is 2.26. The molecule has 0 bridgehead atoms. The van der Waals surface area contributed by atoms with Crippen molar-refractivity contribution in [3.63, 3.8) is 0 Å². The minimum absolute atomic E-state index is 0.425. The van der Waals surface area contributed by atoms with Crippen molar-refractivity contribution < 1.29 is 9.15 Å². The number of nitrogens with one attached hydrogen (secondary N) is 2. The lowest BCUT2D eigenvalue weighted by atomic mass is 9.97. The number of hydrogen-bond acceptors (Lipinski definition) is 4. The van der Waals surface area contributed by atoms with E-state index in [1.54, 1.807) is 13.4 Å². The van der Waals surface area contributed by atoms with Crippen LogP contribution in [0.5, 0.6) is 0 Å². The number of guanidine groups is 1.